The third kappa shape index (κ3) is 3.79. The molecule has 0 radical (unpaired) electrons. The number of fused-ring (bicyclic) bond motifs is 1. The molecule has 0 saturated heterocycles. The third-order valence-corrected chi connectivity index (χ3v) is 6.60. The van der Waals surface area contributed by atoms with Crippen molar-refractivity contribution in [3.05, 3.63) is 83.4 Å². The second-order valence-electron chi connectivity index (χ2n) is 6.77. The summed E-state index contributed by atoms with van der Waals surface area (Å²) in [5.41, 5.74) is 2.07. The number of pyridine rings is 1. The first-order valence-corrected chi connectivity index (χ1v) is 10.5. The number of sulfone groups is 1. The fourth-order valence-electron chi connectivity index (χ4n) is 3.07. The quantitative estimate of drug-likeness (QED) is 0.479. The molecule has 0 fully saturated rings. The maximum Gasteiger partial charge on any atom is 0.253 e. The van der Waals surface area contributed by atoms with Crippen molar-refractivity contribution in [1.82, 2.24) is 20.5 Å². The van der Waals surface area contributed by atoms with Crippen LogP contribution in [-0.4, -0.2) is 29.5 Å². The first-order valence-electron chi connectivity index (χ1n) is 9.02. The van der Waals surface area contributed by atoms with E-state index in [1.165, 1.54) is 30.5 Å². The number of hydrogen-bond donors (Lipinski definition) is 2. The molecule has 30 heavy (non-hydrogen) atoms. The predicted molar refractivity (Wildman–Crippen MR) is 108 cm³/mol. The molecule has 2 aromatic carbocycles. The Kier molecular flexibility index (Phi) is 5.04. The Labute approximate surface area is 171 Å². The van der Waals surface area contributed by atoms with Crippen molar-refractivity contribution in [2.24, 2.45) is 0 Å². The molecule has 0 aliphatic heterocycles. The Hall–Kier alpha value is -3.59. The average Bonchev–Trinajstić information content (AvgIpc) is 3.20. The summed E-state index contributed by atoms with van der Waals surface area (Å²) in [5.74, 6) is -0.788. The number of halogens is 1. The van der Waals surface area contributed by atoms with Crippen LogP contribution in [0, 0.1) is 12.7 Å². The molecule has 4 rings (SSSR count). The zero-order chi connectivity index (χ0) is 21.3. The summed E-state index contributed by atoms with van der Waals surface area (Å²) in [6, 6.07) is 11.5. The van der Waals surface area contributed by atoms with E-state index in [4.69, 9.17) is 0 Å². The van der Waals surface area contributed by atoms with Gasteiger partial charge in [-0.1, -0.05) is 12.1 Å². The summed E-state index contributed by atoms with van der Waals surface area (Å²) in [6.45, 7) is 1.77. The van der Waals surface area contributed by atoms with Crippen LogP contribution < -0.4 is 5.32 Å². The Bertz CT molecular complexity index is 1350. The summed E-state index contributed by atoms with van der Waals surface area (Å²) in [4.78, 5) is 16.6. The van der Waals surface area contributed by atoms with Gasteiger partial charge in [0.15, 0.2) is 5.65 Å². The maximum atomic E-state index is 13.3. The number of aryl methyl sites for hydroxylation is 1. The van der Waals surface area contributed by atoms with Gasteiger partial charge in [0, 0.05) is 18.1 Å². The number of amides is 1. The molecular weight excluding hydrogens is 407 g/mol. The van der Waals surface area contributed by atoms with Gasteiger partial charge in [0.1, 0.15) is 5.82 Å². The molecule has 9 heteroatoms. The Morgan fingerprint density at radius 3 is 2.60 bits per heavy atom. The lowest BCUT2D eigenvalue weighted by Crippen LogP contribution is -2.22. The zero-order valence-corrected chi connectivity index (χ0v) is 16.7. The Morgan fingerprint density at radius 2 is 1.87 bits per heavy atom. The highest BCUT2D eigenvalue weighted by molar-refractivity contribution is 7.91. The summed E-state index contributed by atoms with van der Waals surface area (Å²) >= 11 is 0. The second-order valence-corrected chi connectivity index (χ2v) is 8.69. The van der Waals surface area contributed by atoms with Crippen LogP contribution in [0.5, 0.6) is 0 Å². The van der Waals surface area contributed by atoms with Gasteiger partial charge < -0.3 is 5.32 Å². The molecule has 0 atom stereocenters. The molecular formula is C21H17FN4O3S. The lowest BCUT2D eigenvalue weighted by molar-refractivity contribution is 0.0950. The zero-order valence-electron chi connectivity index (χ0n) is 15.9. The minimum absolute atomic E-state index is 0.0621. The number of carbonyl (C=O) groups excluding carboxylic acids is 1. The number of nitrogens with zero attached hydrogens (tertiary/aromatic N) is 2. The number of nitrogens with one attached hydrogen (secondary N) is 2. The van der Waals surface area contributed by atoms with E-state index < -0.39 is 15.7 Å². The van der Waals surface area contributed by atoms with Crippen LogP contribution in [0.1, 0.15) is 21.5 Å². The summed E-state index contributed by atoms with van der Waals surface area (Å²) in [6.07, 6.45) is 3.04. The van der Waals surface area contributed by atoms with Crippen molar-refractivity contribution >= 4 is 26.8 Å². The van der Waals surface area contributed by atoms with Crippen LogP contribution in [0.25, 0.3) is 11.0 Å². The standard InChI is InChI=1S/C21H17FN4O3S/c1-13-8-17(22)4-7-19(13)30(28,29)18-5-2-14(3-6-18)10-24-21(27)16-9-15-12-25-26-20(15)23-11-16/h2-9,11-12H,10H2,1H3,(H,24,27)(H,23,25,26). The summed E-state index contributed by atoms with van der Waals surface area (Å²) in [7, 11) is -3.76. The lowest BCUT2D eigenvalue weighted by atomic mass is 10.2. The van der Waals surface area contributed by atoms with Gasteiger partial charge in [-0.15, -0.1) is 0 Å². The molecule has 0 bridgehead atoms. The number of H-pyrrole nitrogens is 1. The Balaban J connectivity index is 1.47. The van der Waals surface area contributed by atoms with Gasteiger partial charge in [-0.05, 0) is 54.4 Å². The van der Waals surface area contributed by atoms with Gasteiger partial charge in [0.25, 0.3) is 5.91 Å². The fourth-order valence-corrected chi connectivity index (χ4v) is 4.55. The highest BCUT2D eigenvalue weighted by Gasteiger charge is 2.20. The van der Waals surface area contributed by atoms with Crippen molar-refractivity contribution in [3.63, 3.8) is 0 Å². The highest BCUT2D eigenvalue weighted by Crippen LogP contribution is 2.24. The molecule has 4 aromatic rings. The summed E-state index contributed by atoms with van der Waals surface area (Å²) < 4.78 is 38.9. The van der Waals surface area contributed by atoms with E-state index in [0.717, 1.165) is 17.0 Å². The largest absolute Gasteiger partial charge is 0.348 e. The van der Waals surface area contributed by atoms with E-state index in [0.29, 0.717) is 16.8 Å². The average molecular weight is 424 g/mol. The van der Waals surface area contributed by atoms with Crippen molar-refractivity contribution < 1.29 is 17.6 Å². The molecule has 2 aromatic heterocycles. The van der Waals surface area contributed by atoms with E-state index in [1.54, 1.807) is 31.3 Å². The number of rotatable bonds is 5. The Morgan fingerprint density at radius 1 is 1.10 bits per heavy atom. The smallest absolute Gasteiger partial charge is 0.253 e. The predicted octanol–water partition coefficient (Wildman–Crippen LogP) is 3.17. The van der Waals surface area contributed by atoms with Crippen LogP contribution >= 0.6 is 0 Å². The van der Waals surface area contributed by atoms with E-state index in [9.17, 15) is 17.6 Å². The molecule has 0 unspecified atom stereocenters. The molecule has 1 amide bonds. The maximum absolute atomic E-state index is 13.3. The molecule has 2 heterocycles. The molecule has 0 aliphatic rings. The van der Waals surface area contributed by atoms with Gasteiger partial charge in [0.2, 0.25) is 9.84 Å². The molecule has 0 saturated carbocycles. The van der Waals surface area contributed by atoms with Gasteiger partial charge in [0.05, 0.1) is 21.6 Å². The van der Waals surface area contributed by atoms with Gasteiger partial charge >= 0.3 is 0 Å². The highest BCUT2D eigenvalue weighted by atomic mass is 32.2. The van der Waals surface area contributed by atoms with Gasteiger partial charge in [-0.25, -0.2) is 17.8 Å². The number of hydrogen-bond acceptors (Lipinski definition) is 5. The molecule has 2 N–H and O–H groups in total. The second kappa shape index (κ2) is 7.68. The fraction of sp³-hybridized carbons (Fsp3) is 0.0952. The van der Waals surface area contributed by atoms with Crippen molar-refractivity contribution in [1.29, 1.82) is 0 Å². The number of carbonyl (C=O) groups is 1. The van der Waals surface area contributed by atoms with Crippen LogP contribution in [0.15, 0.2) is 70.7 Å². The molecule has 7 nitrogen and oxygen atoms in total. The minimum Gasteiger partial charge on any atom is -0.348 e. The first-order chi connectivity index (χ1) is 14.3. The lowest BCUT2D eigenvalue weighted by Gasteiger charge is -2.09. The van der Waals surface area contributed by atoms with E-state index in [2.05, 4.69) is 20.5 Å². The monoisotopic (exact) mass is 424 g/mol. The third-order valence-electron chi connectivity index (χ3n) is 4.67. The molecule has 0 spiro atoms. The van der Waals surface area contributed by atoms with Gasteiger partial charge in [-0.3, -0.25) is 9.89 Å². The van der Waals surface area contributed by atoms with Crippen molar-refractivity contribution in [2.75, 3.05) is 0 Å². The topological polar surface area (TPSA) is 105 Å². The van der Waals surface area contributed by atoms with Crippen molar-refractivity contribution in [3.8, 4) is 0 Å². The first kappa shape index (κ1) is 19.7. The number of aromatic amines is 1. The van der Waals surface area contributed by atoms with Crippen LogP contribution in [0.3, 0.4) is 0 Å². The molecule has 152 valence electrons. The van der Waals surface area contributed by atoms with Gasteiger partial charge in [-0.2, -0.15) is 5.10 Å². The van der Waals surface area contributed by atoms with Crippen LogP contribution in [0.2, 0.25) is 0 Å². The van der Waals surface area contributed by atoms with Crippen LogP contribution in [0.4, 0.5) is 4.39 Å². The number of benzene rings is 2. The van der Waals surface area contributed by atoms with Crippen LogP contribution in [-0.2, 0) is 16.4 Å². The normalized spacial score (nSPS) is 11.5. The van der Waals surface area contributed by atoms with E-state index in [-0.39, 0.29) is 22.2 Å². The van der Waals surface area contributed by atoms with E-state index >= 15 is 0 Å². The minimum atomic E-state index is -3.76. The SMILES string of the molecule is Cc1cc(F)ccc1S(=O)(=O)c1ccc(CNC(=O)c2cnc3[nH]ncc3c2)cc1. The van der Waals surface area contributed by atoms with Crippen molar-refractivity contribution in [2.45, 2.75) is 23.3 Å². The number of aromatic nitrogens is 3. The van der Waals surface area contributed by atoms with E-state index in [1.807, 2.05) is 0 Å². The summed E-state index contributed by atoms with van der Waals surface area (Å²) in [5, 5.41) is 10.1. The molecule has 0 aliphatic carbocycles.